The predicted octanol–water partition coefficient (Wildman–Crippen LogP) is 1.82. The van der Waals surface area contributed by atoms with E-state index in [9.17, 15) is 0 Å². The van der Waals surface area contributed by atoms with Crippen molar-refractivity contribution in [2.75, 3.05) is 5.88 Å². The maximum absolute atomic E-state index is 5.53. The number of halogens is 1. The number of aromatic nitrogens is 2. The normalized spacial score (nSPS) is 10.2. The first kappa shape index (κ1) is 7.61. The highest BCUT2D eigenvalue weighted by Crippen LogP contribution is 1.97. The number of hydrogen-bond donors (Lipinski definition) is 0. The van der Waals surface area contributed by atoms with E-state index in [4.69, 9.17) is 11.6 Å². The molecule has 0 aliphatic heterocycles. The molecule has 0 fully saturated rings. The molecule has 1 aromatic heterocycles. The van der Waals surface area contributed by atoms with E-state index in [1.165, 1.54) is 5.69 Å². The van der Waals surface area contributed by atoms with Crippen LogP contribution in [0.2, 0.25) is 0 Å². The van der Waals surface area contributed by atoms with Crippen molar-refractivity contribution in [3.63, 3.8) is 0 Å². The molecule has 2 nitrogen and oxygen atoms in total. The average Bonchev–Trinajstić information content (AvgIpc) is 2.31. The zero-order valence-electron chi connectivity index (χ0n) is 6.05. The van der Waals surface area contributed by atoms with Gasteiger partial charge in [0.15, 0.2) is 0 Å². The molecule has 0 atom stereocenters. The molecule has 0 amide bonds. The Kier molecular flexibility index (Phi) is 2.75. The van der Waals surface area contributed by atoms with Gasteiger partial charge in [-0.1, -0.05) is 0 Å². The fourth-order valence-electron chi connectivity index (χ4n) is 0.842. The Balaban J connectivity index is 2.49. The van der Waals surface area contributed by atoms with Crippen LogP contribution in [-0.2, 0) is 6.54 Å². The summed E-state index contributed by atoms with van der Waals surface area (Å²) in [5.41, 5.74) is 1.20. The monoisotopic (exact) mass is 158 g/mol. The van der Waals surface area contributed by atoms with Crippen LogP contribution in [0.5, 0.6) is 0 Å². The lowest BCUT2D eigenvalue weighted by Crippen LogP contribution is -2.01. The van der Waals surface area contributed by atoms with Crippen molar-refractivity contribution in [2.24, 2.45) is 0 Å². The van der Waals surface area contributed by atoms with Gasteiger partial charge in [0.2, 0.25) is 0 Å². The molecule has 10 heavy (non-hydrogen) atoms. The summed E-state index contributed by atoms with van der Waals surface area (Å²) in [5.74, 6) is 0.708. The Labute approximate surface area is 65.8 Å². The van der Waals surface area contributed by atoms with Gasteiger partial charge in [-0.2, -0.15) is 5.10 Å². The Hall–Kier alpha value is -0.500. The standard InChI is InChI=1S/C7H11ClN2/c1-7-3-5-9-10(7)6-2-4-8/h3,5H,2,4,6H2,1H3. The fourth-order valence-corrected chi connectivity index (χ4v) is 0.962. The minimum atomic E-state index is 0.708. The number of rotatable bonds is 3. The van der Waals surface area contributed by atoms with Crippen LogP contribution in [-0.4, -0.2) is 15.7 Å². The molecule has 1 heterocycles. The maximum Gasteiger partial charge on any atom is 0.0492 e. The molecule has 0 bridgehead atoms. The van der Waals surface area contributed by atoms with Gasteiger partial charge in [-0.25, -0.2) is 0 Å². The highest BCUT2D eigenvalue weighted by atomic mass is 35.5. The number of nitrogens with zero attached hydrogens (tertiary/aromatic N) is 2. The van der Waals surface area contributed by atoms with Crippen molar-refractivity contribution in [1.29, 1.82) is 0 Å². The summed E-state index contributed by atoms with van der Waals surface area (Å²) in [6, 6.07) is 1.99. The predicted molar refractivity (Wildman–Crippen MR) is 42.3 cm³/mol. The van der Waals surface area contributed by atoms with Gasteiger partial charge < -0.3 is 0 Å². The van der Waals surface area contributed by atoms with Crippen LogP contribution in [0.3, 0.4) is 0 Å². The van der Waals surface area contributed by atoms with Crippen LogP contribution in [0.4, 0.5) is 0 Å². The lowest BCUT2D eigenvalue weighted by molar-refractivity contribution is 0.589. The molecule has 56 valence electrons. The minimum absolute atomic E-state index is 0.708. The van der Waals surface area contributed by atoms with E-state index in [2.05, 4.69) is 5.10 Å². The molecule has 0 aliphatic rings. The summed E-state index contributed by atoms with van der Waals surface area (Å²) in [7, 11) is 0. The molecular weight excluding hydrogens is 148 g/mol. The van der Waals surface area contributed by atoms with Crippen molar-refractivity contribution >= 4 is 11.6 Å². The van der Waals surface area contributed by atoms with E-state index in [0.29, 0.717) is 5.88 Å². The zero-order chi connectivity index (χ0) is 7.40. The van der Waals surface area contributed by atoms with Gasteiger partial charge in [-0.05, 0) is 19.4 Å². The van der Waals surface area contributed by atoms with Gasteiger partial charge in [-0.3, -0.25) is 4.68 Å². The van der Waals surface area contributed by atoms with Crippen molar-refractivity contribution < 1.29 is 0 Å². The van der Waals surface area contributed by atoms with Gasteiger partial charge >= 0.3 is 0 Å². The third kappa shape index (κ3) is 1.74. The van der Waals surface area contributed by atoms with Crippen molar-refractivity contribution in [3.8, 4) is 0 Å². The first-order valence-electron chi connectivity index (χ1n) is 3.39. The molecule has 0 N–H and O–H groups in total. The van der Waals surface area contributed by atoms with Crippen LogP contribution < -0.4 is 0 Å². The minimum Gasteiger partial charge on any atom is -0.270 e. The highest BCUT2D eigenvalue weighted by molar-refractivity contribution is 6.17. The van der Waals surface area contributed by atoms with Crippen molar-refractivity contribution in [1.82, 2.24) is 9.78 Å². The first-order valence-corrected chi connectivity index (χ1v) is 3.92. The number of alkyl halides is 1. The molecule has 0 spiro atoms. The average molecular weight is 159 g/mol. The Bertz CT molecular complexity index is 195. The van der Waals surface area contributed by atoms with Crippen molar-refractivity contribution in [3.05, 3.63) is 18.0 Å². The lowest BCUT2D eigenvalue weighted by atomic mass is 10.4. The van der Waals surface area contributed by atoms with Gasteiger partial charge in [0, 0.05) is 24.3 Å². The third-order valence-electron chi connectivity index (χ3n) is 1.43. The van der Waals surface area contributed by atoms with E-state index in [0.717, 1.165) is 13.0 Å². The molecule has 0 saturated heterocycles. The summed E-state index contributed by atoms with van der Waals surface area (Å²) in [6.07, 6.45) is 2.80. The Morgan fingerprint density at radius 2 is 2.50 bits per heavy atom. The van der Waals surface area contributed by atoms with Crippen LogP contribution in [0.15, 0.2) is 12.3 Å². The summed E-state index contributed by atoms with van der Waals surface area (Å²) in [6.45, 7) is 2.98. The van der Waals surface area contributed by atoms with E-state index in [1.54, 1.807) is 0 Å². The van der Waals surface area contributed by atoms with Gasteiger partial charge in [-0.15, -0.1) is 11.6 Å². The summed E-state index contributed by atoms with van der Waals surface area (Å²) in [4.78, 5) is 0. The van der Waals surface area contributed by atoms with Gasteiger partial charge in [0.1, 0.15) is 0 Å². The van der Waals surface area contributed by atoms with E-state index >= 15 is 0 Å². The third-order valence-corrected chi connectivity index (χ3v) is 1.70. The molecule has 0 radical (unpaired) electrons. The number of aryl methyl sites for hydroxylation is 2. The highest BCUT2D eigenvalue weighted by Gasteiger charge is 1.93. The molecule has 0 aliphatic carbocycles. The second kappa shape index (κ2) is 3.62. The summed E-state index contributed by atoms with van der Waals surface area (Å²) in [5, 5.41) is 4.11. The quantitative estimate of drug-likeness (QED) is 0.614. The van der Waals surface area contributed by atoms with E-state index in [-0.39, 0.29) is 0 Å². The van der Waals surface area contributed by atoms with Crippen LogP contribution >= 0.6 is 11.6 Å². The first-order chi connectivity index (χ1) is 4.84. The van der Waals surface area contributed by atoms with E-state index < -0.39 is 0 Å². The molecule has 1 rings (SSSR count). The lowest BCUT2D eigenvalue weighted by Gasteiger charge is -2.00. The second-order valence-corrected chi connectivity index (χ2v) is 2.62. The van der Waals surface area contributed by atoms with Crippen LogP contribution in [0.1, 0.15) is 12.1 Å². The van der Waals surface area contributed by atoms with Crippen LogP contribution in [0, 0.1) is 6.92 Å². The molecule has 0 unspecified atom stereocenters. The summed E-state index contributed by atoms with van der Waals surface area (Å²) >= 11 is 5.53. The smallest absolute Gasteiger partial charge is 0.0492 e. The number of hydrogen-bond acceptors (Lipinski definition) is 1. The molecule has 3 heteroatoms. The molecular formula is C7H11ClN2. The maximum atomic E-state index is 5.53. The van der Waals surface area contributed by atoms with Gasteiger partial charge in [0.05, 0.1) is 0 Å². The largest absolute Gasteiger partial charge is 0.270 e. The summed E-state index contributed by atoms with van der Waals surface area (Å²) < 4.78 is 1.96. The van der Waals surface area contributed by atoms with Gasteiger partial charge in [0.25, 0.3) is 0 Å². The second-order valence-electron chi connectivity index (χ2n) is 2.24. The zero-order valence-corrected chi connectivity index (χ0v) is 6.80. The topological polar surface area (TPSA) is 17.8 Å². The van der Waals surface area contributed by atoms with Crippen molar-refractivity contribution in [2.45, 2.75) is 19.9 Å². The molecule has 0 saturated carbocycles. The van der Waals surface area contributed by atoms with E-state index in [1.807, 2.05) is 23.9 Å². The SMILES string of the molecule is Cc1ccnn1CCCCl. The molecule has 0 aromatic carbocycles. The molecule has 1 aromatic rings. The fraction of sp³-hybridized carbons (Fsp3) is 0.571. The Morgan fingerprint density at radius 1 is 1.70 bits per heavy atom. The Morgan fingerprint density at radius 3 is 3.00 bits per heavy atom. The van der Waals surface area contributed by atoms with Crippen LogP contribution in [0.25, 0.3) is 0 Å².